The number of nitriles is 1. The van der Waals surface area contributed by atoms with E-state index < -0.39 is 17.2 Å². The highest BCUT2D eigenvalue weighted by molar-refractivity contribution is 5.79. The predicted octanol–water partition coefficient (Wildman–Crippen LogP) is 2.94. The third-order valence-electron chi connectivity index (χ3n) is 6.25. The highest BCUT2D eigenvalue weighted by Gasteiger charge is 2.46. The number of carbonyl (C=O) groups excluding carboxylic acids is 1. The highest BCUT2D eigenvalue weighted by Crippen LogP contribution is 2.46. The van der Waals surface area contributed by atoms with Crippen molar-refractivity contribution in [2.45, 2.75) is 44.3 Å². The maximum atomic E-state index is 14.2. The lowest BCUT2D eigenvalue weighted by Crippen LogP contribution is -2.60. The van der Waals surface area contributed by atoms with Gasteiger partial charge < -0.3 is 9.80 Å². The average Bonchev–Trinajstić information content (AvgIpc) is 3.54. The van der Waals surface area contributed by atoms with Crippen LogP contribution >= 0.6 is 0 Å². The molecule has 6 nitrogen and oxygen atoms in total. The highest BCUT2D eigenvalue weighted by atomic mass is 19.1. The predicted molar refractivity (Wildman–Crippen MR) is 112 cm³/mol. The topological polar surface area (TPSA) is 72.3 Å². The summed E-state index contributed by atoms with van der Waals surface area (Å²) in [5.41, 5.74) is 0.340. The van der Waals surface area contributed by atoms with Crippen LogP contribution in [0.4, 0.5) is 14.6 Å². The van der Waals surface area contributed by atoms with Gasteiger partial charge in [-0.1, -0.05) is 6.07 Å². The lowest BCUT2D eigenvalue weighted by Gasteiger charge is -2.45. The SMILES string of the molecule is C[C@H]1CN(c2ccc(C#N)cn2)[C@@H](C)CN1C(=O)CNC1(c2ccc(F)cc2F)CC1. The molecule has 1 aromatic carbocycles. The Balaban J connectivity index is 1.39. The smallest absolute Gasteiger partial charge is 0.236 e. The molecule has 0 spiro atoms. The Bertz CT molecular complexity index is 1020. The third kappa shape index (κ3) is 4.23. The number of amides is 1. The summed E-state index contributed by atoms with van der Waals surface area (Å²) >= 11 is 0. The summed E-state index contributed by atoms with van der Waals surface area (Å²) < 4.78 is 27.5. The lowest BCUT2D eigenvalue weighted by atomic mass is 10.0. The molecule has 1 amide bonds. The van der Waals surface area contributed by atoms with Gasteiger partial charge in [-0.05, 0) is 44.9 Å². The Morgan fingerprint density at radius 1 is 1.23 bits per heavy atom. The van der Waals surface area contributed by atoms with Crippen LogP contribution in [-0.4, -0.2) is 47.5 Å². The number of anilines is 1. The molecule has 0 radical (unpaired) electrons. The van der Waals surface area contributed by atoms with Crippen LogP contribution in [0.2, 0.25) is 0 Å². The Morgan fingerprint density at radius 2 is 2.00 bits per heavy atom. The fourth-order valence-corrected chi connectivity index (χ4v) is 4.31. The number of nitrogens with zero attached hydrogens (tertiary/aromatic N) is 4. The third-order valence-corrected chi connectivity index (χ3v) is 6.25. The van der Waals surface area contributed by atoms with Crippen LogP contribution in [-0.2, 0) is 10.3 Å². The second-order valence-corrected chi connectivity index (χ2v) is 8.47. The van der Waals surface area contributed by atoms with E-state index >= 15 is 0 Å². The van der Waals surface area contributed by atoms with Crippen molar-refractivity contribution in [3.63, 3.8) is 0 Å². The molecule has 1 aliphatic heterocycles. The molecule has 1 saturated carbocycles. The van der Waals surface area contributed by atoms with Gasteiger partial charge in [0.05, 0.1) is 12.1 Å². The van der Waals surface area contributed by atoms with Gasteiger partial charge in [0.1, 0.15) is 23.5 Å². The van der Waals surface area contributed by atoms with Gasteiger partial charge in [0, 0.05) is 48.5 Å². The van der Waals surface area contributed by atoms with Crippen LogP contribution in [0.1, 0.15) is 37.8 Å². The van der Waals surface area contributed by atoms with Crippen molar-refractivity contribution >= 4 is 11.7 Å². The molecule has 2 fully saturated rings. The number of hydrogen-bond acceptors (Lipinski definition) is 5. The van der Waals surface area contributed by atoms with E-state index in [1.807, 2.05) is 24.8 Å². The van der Waals surface area contributed by atoms with Crippen LogP contribution in [0, 0.1) is 23.0 Å². The Kier molecular flexibility index (Phi) is 5.63. The number of halogens is 2. The summed E-state index contributed by atoms with van der Waals surface area (Å²) in [4.78, 5) is 21.3. The zero-order chi connectivity index (χ0) is 22.2. The number of pyridine rings is 1. The molecule has 2 aliphatic rings. The summed E-state index contributed by atoms with van der Waals surface area (Å²) in [7, 11) is 0. The molecule has 2 aromatic rings. The molecule has 1 N–H and O–H groups in total. The minimum absolute atomic E-state index is 0.0272. The maximum absolute atomic E-state index is 14.2. The van der Waals surface area contributed by atoms with Crippen molar-refractivity contribution in [1.82, 2.24) is 15.2 Å². The second-order valence-electron chi connectivity index (χ2n) is 8.47. The molecule has 4 rings (SSSR count). The Labute approximate surface area is 180 Å². The molecule has 8 heteroatoms. The first-order chi connectivity index (χ1) is 14.8. The van der Waals surface area contributed by atoms with E-state index in [9.17, 15) is 13.6 Å². The zero-order valence-electron chi connectivity index (χ0n) is 17.6. The van der Waals surface area contributed by atoms with Crippen molar-refractivity contribution < 1.29 is 13.6 Å². The largest absolute Gasteiger partial charge is 0.350 e. The normalized spacial score (nSPS) is 22.2. The number of hydrogen-bond donors (Lipinski definition) is 1. The summed E-state index contributed by atoms with van der Waals surface area (Å²) in [6.45, 7) is 5.30. The van der Waals surface area contributed by atoms with E-state index in [1.165, 1.54) is 12.1 Å². The number of rotatable bonds is 5. The molecule has 31 heavy (non-hydrogen) atoms. The fraction of sp³-hybridized carbons (Fsp3) is 0.435. The lowest BCUT2D eigenvalue weighted by molar-refractivity contribution is -0.133. The summed E-state index contributed by atoms with van der Waals surface area (Å²) in [5, 5.41) is 12.2. The first kappa shape index (κ1) is 21.2. The summed E-state index contributed by atoms with van der Waals surface area (Å²) in [6, 6.07) is 9.27. The van der Waals surface area contributed by atoms with Gasteiger partial charge in [-0.2, -0.15) is 5.26 Å². The monoisotopic (exact) mass is 425 g/mol. The van der Waals surface area contributed by atoms with E-state index in [2.05, 4.69) is 21.3 Å². The number of carbonyl (C=O) groups is 1. The molecule has 0 bridgehead atoms. The van der Waals surface area contributed by atoms with Crippen molar-refractivity contribution in [3.05, 3.63) is 59.3 Å². The molecule has 1 aliphatic carbocycles. The molecule has 0 unspecified atom stereocenters. The summed E-state index contributed by atoms with van der Waals surface area (Å²) in [6.07, 6.45) is 2.98. The van der Waals surface area contributed by atoms with Crippen LogP contribution < -0.4 is 10.2 Å². The molecule has 2 atom stereocenters. The first-order valence-electron chi connectivity index (χ1n) is 10.5. The zero-order valence-corrected chi connectivity index (χ0v) is 17.6. The summed E-state index contributed by atoms with van der Waals surface area (Å²) in [5.74, 6) is -0.443. The Morgan fingerprint density at radius 3 is 2.61 bits per heavy atom. The van der Waals surface area contributed by atoms with Crippen molar-refractivity contribution in [2.75, 3.05) is 24.5 Å². The molecule has 1 saturated heterocycles. The van der Waals surface area contributed by atoms with Crippen LogP contribution in [0.5, 0.6) is 0 Å². The minimum Gasteiger partial charge on any atom is -0.350 e. The number of piperazine rings is 1. The maximum Gasteiger partial charge on any atom is 0.236 e. The van der Waals surface area contributed by atoms with Crippen molar-refractivity contribution in [2.24, 2.45) is 0 Å². The first-order valence-corrected chi connectivity index (χ1v) is 10.5. The quantitative estimate of drug-likeness (QED) is 0.798. The van der Waals surface area contributed by atoms with Gasteiger partial charge in [-0.15, -0.1) is 0 Å². The van der Waals surface area contributed by atoms with Crippen LogP contribution in [0.3, 0.4) is 0 Å². The minimum atomic E-state index is -0.606. The van der Waals surface area contributed by atoms with Gasteiger partial charge in [0.15, 0.2) is 0 Å². The number of nitrogens with one attached hydrogen (secondary N) is 1. The standard InChI is InChI=1S/C23H25F2N5O/c1-15-14-30(16(2)13-29(15)21-6-3-17(10-26)11-27-21)22(31)12-28-23(7-8-23)19-5-4-18(24)9-20(19)25/h3-6,9,11,15-16,28H,7-8,12-14H2,1-2H3/t15-,16-/m0/s1. The van der Waals surface area contributed by atoms with E-state index in [-0.39, 0.29) is 24.5 Å². The van der Waals surface area contributed by atoms with Crippen LogP contribution in [0.25, 0.3) is 0 Å². The fourth-order valence-electron chi connectivity index (χ4n) is 4.31. The van der Waals surface area contributed by atoms with E-state index in [0.717, 1.165) is 11.9 Å². The molecular weight excluding hydrogens is 400 g/mol. The van der Waals surface area contributed by atoms with Gasteiger partial charge in [-0.25, -0.2) is 13.8 Å². The number of aromatic nitrogens is 1. The van der Waals surface area contributed by atoms with E-state index in [0.29, 0.717) is 37.1 Å². The van der Waals surface area contributed by atoms with Crippen LogP contribution in [0.15, 0.2) is 36.5 Å². The van der Waals surface area contributed by atoms with Gasteiger partial charge in [0.2, 0.25) is 5.91 Å². The molecule has 162 valence electrons. The van der Waals surface area contributed by atoms with E-state index in [4.69, 9.17) is 5.26 Å². The van der Waals surface area contributed by atoms with Gasteiger partial charge in [-0.3, -0.25) is 10.1 Å². The molecule has 1 aromatic heterocycles. The second kappa shape index (κ2) is 8.23. The van der Waals surface area contributed by atoms with Crippen molar-refractivity contribution in [3.8, 4) is 6.07 Å². The number of benzene rings is 1. The average molecular weight is 425 g/mol. The van der Waals surface area contributed by atoms with Gasteiger partial charge in [0.25, 0.3) is 0 Å². The Hall–Kier alpha value is -3.05. The van der Waals surface area contributed by atoms with Gasteiger partial charge >= 0.3 is 0 Å². The van der Waals surface area contributed by atoms with Crippen molar-refractivity contribution in [1.29, 1.82) is 5.26 Å². The molecule has 2 heterocycles. The van der Waals surface area contributed by atoms with E-state index in [1.54, 1.807) is 12.3 Å². The molecular formula is C23H25F2N5O.